The van der Waals surface area contributed by atoms with E-state index in [1.165, 1.54) is 0 Å². The predicted molar refractivity (Wildman–Crippen MR) is 87.2 cm³/mol. The fourth-order valence-electron chi connectivity index (χ4n) is 2.53. The van der Waals surface area contributed by atoms with Crippen LogP contribution in [0.1, 0.15) is 36.1 Å². The molecule has 0 spiro atoms. The van der Waals surface area contributed by atoms with E-state index in [2.05, 4.69) is 18.3 Å². The summed E-state index contributed by atoms with van der Waals surface area (Å²) in [6.07, 6.45) is 0.925. The number of phenolic OH excluding ortho intramolecular Hbond substituents is 1. The maximum atomic E-state index is 10.1. The van der Waals surface area contributed by atoms with Crippen LogP contribution in [0.5, 0.6) is 11.5 Å². The van der Waals surface area contributed by atoms with Crippen molar-refractivity contribution < 1.29 is 9.84 Å². The van der Waals surface area contributed by atoms with Gasteiger partial charge in [-0.2, -0.15) is 0 Å². The van der Waals surface area contributed by atoms with E-state index < -0.39 is 0 Å². The Morgan fingerprint density at radius 1 is 1.14 bits per heavy atom. The highest BCUT2D eigenvalue weighted by molar-refractivity contribution is 5.60. The van der Waals surface area contributed by atoms with Crippen molar-refractivity contribution in [2.45, 2.75) is 33.2 Å². The van der Waals surface area contributed by atoms with Crippen molar-refractivity contribution in [2.75, 3.05) is 12.4 Å². The quantitative estimate of drug-likeness (QED) is 0.844. The normalized spacial score (nSPS) is 12.0. The predicted octanol–water partition coefficient (Wildman–Crippen LogP) is 4.58. The smallest absolute Gasteiger partial charge is 0.124 e. The summed E-state index contributed by atoms with van der Waals surface area (Å²) in [5.74, 6) is 1.24. The molecule has 3 nitrogen and oxygen atoms in total. The number of methoxy groups -OCH3 is 1. The minimum Gasteiger partial charge on any atom is -0.507 e. The first-order valence-corrected chi connectivity index (χ1v) is 7.27. The largest absolute Gasteiger partial charge is 0.507 e. The van der Waals surface area contributed by atoms with Gasteiger partial charge < -0.3 is 15.2 Å². The summed E-state index contributed by atoms with van der Waals surface area (Å²) < 4.78 is 5.45. The minimum absolute atomic E-state index is 0.141. The van der Waals surface area contributed by atoms with Crippen LogP contribution in [-0.2, 0) is 0 Å². The number of hydrogen-bond acceptors (Lipinski definition) is 3. The third-order valence-corrected chi connectivity index (χ3v) is 3.89. The molecule has 2 aromatic carbocycles. The van der Waals surface area contributed by atoms with E-state index in [-0.39, 0.29) is 6.04 Å². The number of rotatable bonds is 5. The minimum atomic E-state index is 0.141. The average Bonchev–Trinajstić information content (AvgIpc) is 2.52. The standard InChI is InChI=1S/C18H23NO2/c1-5-15(14-8-6-7-9-17(14)21-4)19-16-11-10-12(2)18(20)13(16)3/h6-11,15,19-20H,5H2,1-4H3. The zero-order chi connectivity index (χ0) is 15.4. The van der Waals surface area contributed by atoms with Gasteiger partial charge in [-0.3, -0.25) is 0 Å². The molecule has 0 aliphatic heterocycles. The molecule has 0 saturated heterocycles. The van der Waals surface area contributed by atoms with Crippen LogP contribution in [0, 0.1) is 13.8 Å². The highest BCUT2D eigenvalue weighted by atomic mass is 16.5. The monoisotopic (exact) mass is 285 g/mol. The summed E-state index contributed by atoms with van der Waals surface area (Å²) >= 11 is 0. The van der Waals surface area contributed by atoms with Crippen molar-refractivity contribution in [3.63, 3.8) is 0 Å². The molecule has 21 heavy (non-hydrogen) atoms. The number of para-hydroxylation sites is 1. The number of phenols is 1. The van der Waals surface area contributed by atoms with Crippen LogP contribution in [0.25, 0.3) is 0 Å². The van der Waals surface area contributed by atoms with Gasteiger partial charge in [0.1, 0.15) is 11.5 Å². The van der Waals surface area contributed by atoms with Crippen LogP contribution in [0.4, 0.5) is 5.69 Å². The van der Waals surface area contributed by atoms with E-state index in [0.717, 1.165) is 34.5 Å². The third kappa shape index (κ3) is 3.13. The van der Waals surface area contributed by atoms with Gasteiger partial charge in [0.25, 0.3) is 0 Å². The number of aryl methyl sites for hydroxylation is 1. The Labute approximate surface area is 126 Å². The van der Waals surface area contributed by atoms with Gasteiger partial charge in [0.05, 0.1) is 13.2 Å². The molecule has 1 unspecified atom stereocenters. The summed E-state index contributed by atoms with van der Waals surface area (Å²) in [5, 5.41) is 13.6. The number of nitrogens with one attached hydrogen (secondary N) is 1. The fraction of sp³-hybridized carbons (Fsp3) is 0.333. The Bertz CT molecular complexity index is 623. The second-order valence-corrected chi connectivity index (χ2v) is 5.25. The lowest BCUT2D eigenvalue weighted by atomic mass is 10.0. The molecule has 1 atom stereocenters. The number of anilines is 1. The summed E-state index contributed by atoms with van der Waals surface area (Å²) in [5.41, 5.74) is 3.85. The topological polar surface area (TPSA) is 41.5 Å². The van der Waals surface area contributed by atoms with Gasteiger partial charge in [0.2, 0.25) is 0 Å². The number of aromatic hydroxyl groups is 1. The first-order chi connectivity index (χ1) is 10.1. The molecule has 0 bridgehead atoms. The van der Waals surface area contributed by atoms with Gasteiger partial charge in [-0.25, -0.2) is 0 Å². The molecular weight excluding hydrogens is 262 g/mol. The van der Waals surface area contributed by atoms with Crippen LogP contribution in [0.2, 0.25) is 0 Å². The maximum absolute atomic E-state index is 10.1. The Morgan fingerprint density at radius 2 is 1.86 bits per heavy atom. The Morgan fingerprint density at radius 3 is 2.52 bits per heavy atom. The Kier molecular flexibility index (Phi) is 4.73. The van der Waals surface area contributed by atoms with Crippen molar-refractivity contribution in [2.24, 2.45) is 0 Å². The van der Waals surface area contributed by atoms with Gasteiger partial charge in [0.15, 0.2) is 0 Å². The second-order valence-electron chi connectivity index (χ2n) is 5.25. The maximum Gasteiger partial charge on any atom is 0.124 e. The summed E-state index contributed by atoms with van der Waals surface area (Å²) in [6, 6.07) is 12.1. The lowest BCUT2D eigenvalue weighted by molar-refractivity contribution is 0.406. The van der Waals surface area contributed by atoms with Crippen LogP contribution in [0.15, 0.2) is 36.4 Å². The molecule has 0 aliphatic carbocycles. The molecule has 0 aromatic heterocycles. The first kappa shape index (κ1) is 15.2. The van der Waals surface area contributed by atoms with E-state index in [9.17, 15) is 5.11 Å². The number of benzene rings is 2. The molecular formula is C18H23NO2. The van der Waals surface area contributed by atoms with E-state index in [1.807, 2.05) is 44.2 Å². The highest BCUT2D eigenvalue weighted by Crippen LogP contribution is 2.34. The van der Waals surface area contributed by atoms with Crippen molar-refractivity contribution in [1.82, 2.24) is 0 Å². The number of ether oxygens (including phenoxy) is 1. The summed E-state index contributed by atoms with van der Waals surface area (Å²) in [4.78, 5) is 0. The average molecular weight is 285 g/mol. The lowest BCUT2D eigenvalue weighted by Crippen LogP contribution is -2.12. The van der Waals surface area contributed by atoms with Gasteiger partial charge in [-0.05, 0) is 38.0 Å². The molecule has 0 radical (unpaired) electrons. The van der Waals surface area contributed by atoms with Crippen LogP contribution in [0.3, 0.4) is 0 Å². The second kappa shape index (κ2) is 6.53. The zero-order valence-electron chi connectivity index (χ0n) is 13.1. The molecule has 112 valence electrons. The summed E-state index contributed by atoms with van der Waals surface area (Å²) in [6.45, 7) is 5.97. The van der Waals surface area contributed by atoms with Crippen LogP contribution >= 0.6 is 0 Å². The van der Waals surface area contributed by atoms with Gasteiger partial charge >= 0.3 is 0 Å². The van der Waals surface area contributed by atoms with Crippen molar-refractivity contribution in [3.05, 3.63) is 53.1 Å². The Balaban J connectivity index is 2.34. The van der Waals surface area contributed by atoms with Gasteiger partial charge in [-0.1, -0.05) is 31.2 Å². The first-order valence-electron chi connectivity index (χ1n) is 7.27. The van der Waals surface area contributed by atoms with Crippen molar-refractivity contribution in [1.29, 1.82) is 0 Å². The third-order valence-electron chi connectivity index (χ3n) is 3.89. The highest BCUT2D eigenvalue weighted by Gasteiger charge is 2.16. The fourth-order valence-corrected chi connectivity index (χ4v) is 2.53. The van der Waals surface area contributed by atoms with Crippen LogP contribution in [-0.4, -0.2) is 12.2 Å². The number of hydrogen-bond donors (Lipinski definition) is 2. The molecule has 0 aliphatic rings. The van der Waals surface area contributed by atoms with E-state index >= 15 is 0 Å². The molecule has 0 fully saturated rings. The lowest BCUT2D eigenvalue weighted by Gasteiger charge is -2.22. The molecule has 0 heterocycles. The van der Waals surface area contributed by atoms with Gasteiger partial charge in [-0.15, -0.1) is 0 Å². The van der Waals surface area contributed by atoms with Gasteiger partial charge in [0, 0.05) is 16.8 Å². The zero-order valence-corrected chi connectivity index (χ0v) is 13.1. The SMILES string of the molecule is CCC(Nc1ccc(C)c(O)c1C)c1ccccc1OC. The van der Waals surface area contributed by atoms with Crippen LogP contribution < -0.4 is 10.1 Å². The van der Waals surface area contributed by atoms with E-state index in [1.54, 1.807) is 7.11 Å². The molecule has 0 saturated carbocycles. The molecule has 2 N–H and O–H groups in total. The Hall–Kier alpha value is -2.16. The van der Waals surface area contributed by atoms with E-state index in [4.69, 9.17) is 4.74 Å². The van der Waals surface area contributed by atoms with Crippen molar-refractivity contribution in [3.8, 4) is 11.5 Å². The summed E-state index contributed by atoms with van der Waals surface area (Å²) in [7, 11) is 1.69. The molecule has 2 aromatic rings. The molecule has 0 amide bonds. The van der Waals surface area contributed by atoms with Crippen molar-refractivity contribution >= 4 is 5.69 Å². The molecule has 3 heteroatoms. The molecule has 2 rings (SSSR count). The van der Waals surface area contributed by atoms with E-state index in [0.29, 0.717) is 5.75 Å².